The van der Waals surface area contributed by atoms with E-state index in [0.29, 0.717) is 31.4 Å². The number of hydrogen-bond acceptors (Lipinski definition) is 4. The van der Waals surface area contributed by atoms with Gasteiger partial charge >= 0.3 is 5.97 Å². The van der Waals surface area contributed by atoms with Crippen molar-refractivity contribution in [1.29, 1.82) is 0 Å². The lowest BCUT2D eigenvalue weighted by atomic mass is 10.0. The number of aliphatic hydroxyl groups is 1. The first-order valence-electron chi connectivity index (χ1n) is 10.8. The topological polar surface area (TPSA) is 66.8 Å². The zero-order valence-corrected chi connectivity index (χ0v) is 18.5. The van der Waals surface area contributed by atoms with E-state index in [1.807, 2.05) is 29.2 Å². The third kappa shape index (κ3) is 6.28. The van der Waals surface area contributed by atoms with Crippen LogP contribution in [0, 0.1) is 13.8 Å². The third-order valence-corrected chi connectivity index (χ3v) is 5.67. The zero-order valence-electron chi connectivity index (χ0n) is 18.5. The number of nitrogens with zero attached hydrogens (tertiary/aromatic N) is 1. The second-order valence-corrected chi connectivity index (χ2v) is 8.28. The molecule has 2 aromatic carbocycles. The molecule has 0 radical (unpaired) electrons. The number of amides is 1. The molecular formula is C26H31NO4. The minimum absolute atomic E-state index is 0.00994. The number of carbonyl (C=O) groups is 2. The molecule has 31 heavy (non-hydrogen) atoms. The molecule has 3 rings (SSSR count). The number of carbonyl (C=O) groups excluding carboxylic acids is 2. The van der Waals surface area contributed by atoms with Crippen LogP contribution in [0.5, 0.6) is 0 Å². The molecule has 0 unspecified atom stereocenters. The number of ether oxygens (including phenoxy) is 1. The van der Waals surface area contributed by atoms with E-state index in [-0.39, 0.29) is 17.9 Å². The van der Waals surface area contributed by atoms with Crippen molar-refractivity contribution in [1.82, 2.24) is 4.90 Å². The highest BCUT2D eigenvalue weighted by molar-refractivity contribution is 5.89. The Hall–Kier alpha value is -2.92. The highest BCUT2D eigenvalue weighted by Gasteiger charge is 2.28. The molecule has 164 valence electrons. The summed E-state index contributed by atoms with van der Waals surface area (Å²) in [5.41, 5.74) is 5.08. The Morgan fingerprint density at radius 1 is 1.16 bits per heavy atom. The highest BCUT2D eigenvalue weighted by Crippen LogP contribution is 2.21. The second kappa shape index (κ2) is 10.4. The monoisotopic (exact) mass is 421 g/mol. The summed E-state index contributed by atoms with van der Waals surface area (Å²) in [6, 6.07) is 13.6. The lowest BCUT2D eigenvalue weighted by Gasteiger charge is -2.23. The summed E-state index contributed by atoms with van der Waals surface area (Å²) in [5, 5.41) is 10.5. The molecular weight excluding hydrogens is 390 g/mol. The molecule has 0 saturated carbocycles. The zero-order chi connectivity index (χ0) is 22.4. The molecule has 0 spiro atoms. The van der Waals surface area contributed by atoms with Crippen molar-refractivity contribution in [3.05, 3.63) is 82.4 Å². The van der Waals surface area contributed by atoms with E-state index in [2.05, 4.69) is 32.0 Å². The number of aliphatic hydroxyl groups excluding tert-OH is 1. The van der Waals surface area contributed by atoms with Gasteiger partial charge in [-0.1, -0.05) is 53.6 Å². The Kier molecular flexibility index (Phi) is 7.64. The van der Waals surface area contributed by atoms with Gasteiger partial charge in [0.2, 0.25) is 5.91 Å². The molecule has 1 heterocycles. The number of methoxy groups -OCH3 is 1. The minimum Gasteiger partial charge on any atom is -0.465 e. The lowest BCUT2D eigenvalue weighted by Crippen LogP contribution is -2.33. The fourth-order valence-electron chi connectivity index (χ4n) is 4.17. The Morgan fingerprint density at radius 3 is 2.48 bits per heavy atom. The van der Waals surface area contributed by atoms with Gasteiger partial charge in [0.15, 0.2) is 0 Å². The number of rotatable bonds is 8. The van der Waals surface area contributed by atoms with Crippen LogP contribution in [-0.2, 0) is 22.4 Å². The van der Waals surface area contributed by atoms with E-state index in [9.17, 15) is 14.7 Å². The predicted octanol–water partition coefficient (Wildman–Crippen LogP) is 3.78. The smallest absolute Gasteiger partial charge is 0.337 e. The van der Waals surface area contributed by atoms with Gasteiger partial charge in [0.1, 0.15) is 0 Å². The molecule has 1 aliphatic rings. The number of benzene rings is 2. The van der Waals surface area contributed by atoms with Crippen molar-refractivity contribution >= 4 is 11.9 Å². The first kappa shape index (κ1) is 22.8. The van der Waals surface area contributed by atoms with Crippen LogP contribution in [0.2, 0.25) is 0 Å². The summed E-state index contributed by atoms with van der Waals surface area (Å²) in [5.74, 6) is -0.213. The van der Waals surface area contributed by atoms with Crippen LogP contribution in [0.3, 0.4) is 0 Å². The standard InChI is InChI=1S/C26H31NO4/c1-18-14-19(2)16-21(15-18)17-24(28)10-8-23-9-11-25(29)27(23)13-12-20-4-6-22(7-5-20)26(30)31-3/h4-8,10,14-16,23-24,28H,9,11-13,17H2,1-3H3/b10-8+/t23-,24+/m0/s1. The van der Waals surface area contributed by atoms with Gasteiger partial charge in [0.05, 0.1) is 24.8 Å². The Balaban J connectivity index is 1.57. The molecule has 5 heteroatoms. The summed E-state index contributed by atoms with van der Waals surface area (Å²) in [7, 11) is 1.36. The van der Waals surface area contributed by atoms with E-state index in [1.165, 1.54) is 18.2 Å². The predicted molar refractivity (Wildman–Crippen MR) is 121 cm³/mol. The fraction of sp³-hybridized carbons (Fsp3) is 0.385. The van der Waals surface area contributed by atoms with Gasteiger partial charge in [-0.25, -0.2) is 4.79 Å². The highest BCUT2D eigenvalue weighted by atomic mass is 16.5. The normalized spacial score (nSPS) is 17.4. The van der Waals surface area contributed by atoms with Crippen molar-refractivity contribution in [3.63, 3.8) is 0 Å². The molecule has 0 bridgehead atoms. The molecule has 1 saturated heterocycles. The largest absolute Gasteiger partial charge is 0.465 e. The molecule has 1 aliphatic heterocycles. The maximum absolute atomic E-state index is 12.4. The summed E-state index contributed by atoms with van der Waals surface area (Å²) in [4.78, 5) is 25.8. The van der Waals surface area contributed by atoms with Crippen molar-refractivity contribution in [2.75, 3.05) is 13.7 Å². The Labute approximate surface area is 184 Å². The van der Waals surface area contributed by atoms with E-state index in [1.54, 1.807) is 12.1 Å². The summed E-state index contributed by atoms with van der Waals surface area (Å²) < 4.78 is 4.72. The molecule has 2 atom stereocenters. The van der Waals surface area contributed by atoms with Crippen molar-refractivity contribution < 1.29 is 19.4 Å². The van der Waals surface area contributed by atoms with E-state index in [0.717, 1.165) is 17.5 Å². The number of hydrogen-bond donors (Lipinski definition) is 1. The average Bonchev–Trinajstić information content (AvgIpc) is 3.09. The van der Waals surface area contributed by atoms with Crippen LogP contribution in [0.1, 0.15) is 45.5 Å². The number of likely N-dealkylation sites (tertiary alicyclic amines) is 1. The molecule has 1 N–H and O–H groups in total. The fourth-order valence-corrected chi connectivity index (χ4v) is 4.17. The maximum atomic E-state index is 12.4. The van der Waals surface area contributed by atoms with Gasteiger partial charge in [0, 0.05) is 19.4 Å². The first-order valence-corrected chi connectivity index (χ1v) is 10.8. The van der Waals surface area contributed by atoms with Gasteiger partial charge in [-0.15, -0.1) is 0 Å². The van der Waals surface area contributed by atoms with E-state index in [4.69, 9.17) is 4.74 Å². The van der Waals surface area contributed by atoms with Crippen LogP contribution >= 0.6 is 0 Å². The Bertz CT molecular complexity index is 928. The third-order valence-electron chi connectivity index (χ3n) is 5.67. The lowest BCUT2D eigenvalue weighted by molar-refractivity contribution is -0.128. The van der Waals surface area contributed by atoms with Crippen LogP contribution in [0.4, 0.5) is 0 Å². The summed E-state index contributed by atoms with van der Waals surface area (Å²) >= 11 is 0. The minimum atomic E-state index is -0.579. The average molecular weight is 422 g/mol. The van der Waals surface area contributed by atoms with Crippen LogP contribution in [-0.4, -0.2) is 47.7 Å². The molecule has 1 amide bonds. The molecule has 1 fully saturated rings. The molecule has 0 aliphatic carbocycles. The van der Waals surface area contributed by atoms with Gasteiger partial charge in [-0.3, -0.25) is 4.79 Å². The van der Waals surface area contributed by atoms with Crippen LogP contribution in [0.15, 0.2) is 54.6 Å². The molecule has 0 aromatic heterocycles. The molecule has 5 nitrogen and oxygen atoms in total. The van der Waals surface area contributed by atoms with Crippen molar-refractivity contribution in [2.45, 2.75) is 51.7 Å². The van der Waals surface area contributed by atoms with Gasteiger partial charge in [-0.2, -0.15) is 0 Å². The quantitative estimate of drug-likeness (QED) is 0.520. The second-order valence-electron chi connectivity index (χ2n) is 8.28. The van der Waals surface area contributed by atoms with Crippen molar-refractivity contribution in [3.8, 4) is 0 Å². The first-order chi connectivity index (χ1) is 14.9. The van der Waals surface area contributed by atoms with E-state index < -0.39 is 6.10 Å². The van der Waals surface area contributed by atoms with Crippen molar-refractivity contribution in [2.24, 2.45) is 0 Å². The maximum Gasteiger partial charge on any atom is 0.337 e. The SMILES string of the molecule is COC(=O)c1ccc(CCN2C(=O)CC[C@@H]2/C=C/[C@@H](O)Cc2cc(C)cc(C)c2)cc1. The van der Waals surface area contributed by atoms with Crippen LogP contribution < -0.4 is 0 Å². The Morgan fingerprint density at radius 2 is 1.84 bits per heavy atom. The number of aryl methyl sites for hydroxylation is 2. The molecule has 2 aromatic rings. The van der Waals surface area contributed by atoms with Crippen LogP contribution in [0.25, 0.3) is 0 Å². The summed E-state index contributed by atoms with van der Waals surface area (Å²) in [6.45, 7) is 4.73. The van der Waals surface area contributed by atoms with Gasteiger partial charge < -0.3 is 14.7 Å². The van der Waals surface area contributed by atoms with Gasteiger partial charge in [0.25, 0.3) is 0 Å². The van der Waals surface area contributed by atoms with E-state index >= 15 is 0 Å². The van der Waals surface area contributed by atoms with Gasteiger partial charge in [-0.05, 0) is 49.9 Å². The summed E-state index contributed by atoms with van der Waals surface area (Å²) in [6.07, 6.45) is 5.78. The number of esters is 1.